The summed E-state index contributed by atoms with van der Waals surface area (Å²) >= 11 is 0. The molecule has 8 heteroatoms. The Bertz CT molecular complexity index is 1150. The molecule has 158 valence electrons. The summed E-state index contributed by atoms with van der Waals surface area (Å²) in [5, 5.41) is 2.85. The zero-order valence-corrected chi connectivity index (χ0v) is 18.4. The maximum absolute atomic E-state index is 12.6. The fourth-order valence-corrected chi connectivity index (χ4v) is 4.56. The first-order valence-corrected chi connectivity index (χ1v) is 11.2. The zero-order chi connectivity index (χ0) is 21.9. The average Bonchev–Trinajstić information content (AvgIpc) is 3.22. The highest BCUT2D eigenvalue weighted by molar-refractivity contribution is 7.89. The molecule has 7 nitrogen and oxygen atoms in total. The van der Waals surface area contributed by atoms with E-state index < -0.39 is 10.0 Å². The van der Waals surface area contributed by atoms with Gasteiger partial charge in [0.25, 0.3) is 5.91 Å². The van der Waals surface area contributed by atoms with Gasteiger partial charge in [0.05, 0.1) is 4.90 Å². The van der Waals surface area contributed by atoms with E-state index in [1.165, 1.54) is 10.6 Å². The van der Waals surface area contributed by atoms with Crippen LogP contribution in [0.4, 0.5) is 5.69 Å². The number of hydrogen-bond acceptors (Lipinski definition) is 4. The molecule has 1 N–H and O–H groups in total. The van der Waals surface area contributed by atoms with Gasteiger partial charge in [-0.05, 0) is 61.4 Å². The number of sulfonamides is 1. The van der Waals surface area contributed by atoms with Crippen LogP contribution in [0.1, 0.15) is 35.5 Å². The lowest BCUT2D eigenvalue weighted by atomic mass is 10.1. The third-order valence-electron chi connectivity index (χ3n) is 5.06. The molecular formula is C22H26N4O3S. The van der Waals surface area contributed by atoms with E-state index in [-0.39, 0.29) is 16.5 Å². The van der Waals surface area contributed by atoms with Gasteiger partial charge in [0, 0.05) is 30.7 Å². The van der Waals surface area contributed by atoms with Crippen LogP contribution in [0, 0.1) is 13.8 Å². The Morgan fingerprint density at radius 1 is 1.03 bits per heavy atom. The number of imidazole rings is 1. The highest BCUT2D eigenvalue weighted by atomic mass is 32.2. The summed E-state index contributed by atoms with van der Waals surface area (Å²) in [6, 6.07) is 12.3. The lowest BCUT2D eigenvalue weighted by Crippen LogP contribution is -2.30. The first-order valence-electron chi connectivity index (χ1n) is 9.79. The molecule has 0 atom stereocenters. The number of aromatic nitrogens is 2. The van der Waals surface area contributed by atoms with Gasteiger partial charge in [0.15, 0.2) is 0 Å². The summed E-state index contributed by atoms with van der Waals surface area (Å²) < 4.78 is 28.3. The van der Waals surface area contributed by atoms with E-state index >= 15 is 0 Å². The van der Waals surface area contributed by atoms with Crippen LogP contribution in [0.25, 0.3) is 5.69 Å². The Morgan fingerprint density at radius 2 is 1.70 bits per heavy atom. The molecule has 0 aliphatic rings. The van der Waals surface area contributed by atoms with Crippen molar-refractivity contribution in [1.29, 1.82) is 0 Å². The number of benzene rings is 2. The Balaban J connectivity index is 1.77. The highest BCUT2D eigenvalue weighted by Crippen LogP contribution is 2.19. The molecule has 0 saturated heterocycles. The summed E-state index contributed by atoms with van der Waals surface area (Å²) in [7, 11) is -3.51. The molecule has 3 rings (SSSR count). The Hall–Kier alpha value is -2.97. The molecule has 2 aromatic carbocycles. The Morgan fingerprint density at radius 3 is 2.30 bits per heavy atom. The van der Waals surface area contributed by atoms with E-state index in [2.05, 4.69) is 10.3 Å². The van der Waals surface area contributed by atoms with Gasteiger partial charge in [-0.1, -0.05) is 19.9 Å². The van der Waals surface area contributed by atoms with Crippen LogP contribution in [-0.4, -0.2) is 41.3 Å². The van der Waals surface area contributed by atoms with Gasteiger partial charge in [0.1, 0.15) is 12.0 Å². The van der Waals surface area contributed by atoms with Crippen molar-refractivity contribution < 1.29 is 13.2 Å². The van der Waals surface area contributed by atoms with E-state index in [1.807, 2.05) is 45.9 Å². The molecule has 0 unspecified atom stereocenters. The van der Waals surface area contributed by atoms with Crippen LogP contribution >= 0.6 is 0 Å². The normalized spacial score (nSPS) is 11.6. The second-order valence-corrected chi connectivity index (χ2v) is 8.94. The number of aryl methyl sites for hydroxylation is 2. The first kappa shape index (κ1) is 21.7. The molecular weight excluding hydrogens is 400 g/mol. The second-order valence-electron chi connectivity index (χ2n) is 7.00. The van der Waals surface area contributed by atoms with Crippen LogP contribution in [0.3, 0.4) is 0 Å². The summed E-state index contributed by atoms with van der Waals surface area (Å²) in [5.74, 6) is -0.308. The number of carbonyl (C=O) groups is 1. The zero-order valence-electron chi connectivity index (χ0n) is 17.6. The maximum atomic E-state index is 12.6. The number of anilines is 1. The summed E-state index contributed by atoms with van der Waals surface area (Å²) in [6.45, 7) is 8.46. The van der Waals surface area contributed by atoms with Gasteiger partial charge in [-0.25, -0.2) is 13.4 Å². The summed E-state index contributed by atoms with van der Waals surface area (Å²) in [5.41, 5.74) is 3.95. The van der Waals surface area contributed by atoms with E-state index in [0.29, 0.717) is 24.5 Å². The quantitative estimate of drug-likeness (QED) is 0.623. The van der Waals surface area contributed by atoms with Crippen molar-refractivity contribution >= 4 is 21.6 Å². The smallest absolute Gasteiger partial charge is 0.275 e. The van der Waals surface area contributed by atoms with Crippen molar-refractivity contribution in [2.24, 2.45) is 0 Å². The van der Waals surface area contributed by atoms with Crippen molar-refractivity contribution in [3.8, 4) is 5.69 Å². The van der Waals surface area contributed by atoms with E-state index in [1.54, 1.807) is 35.0 Å². The van der Waals surface area contributed by atoms with Crippen LogP contribution in [0.15, 0.2) is 59.9 Å². The van der Waals surface area contributed by atoms with Gasteiger partial charge in [0.2, 0.25) is 10.0 Å². The SMILES string of the molecule is CCN(CC)S(=O)(=O)c1ccc(-n2cnc(C(=O)Nc3ccc(C)c(C)c3)c2)cc1. The standard InChI is InChI=1S/C22H26N4O3S/c1-5-26(6-2)30(28,29)20-11-9-19(10-12-20)25-14-21(23-15-25)22(27)24-18-8-7-16(3)17(4)13-18/h7-15H,5-6H2,1-4H3,(H,24,27). The molecule has 1 heterocycles. The molecule has 0 fully saturated rings. The van der Waals surface area contributed by atoms with E-state index in [0.717, 1.165) is 11.1 Å². The van der Waals surface area contributed by atoms with Gasteiger partial charge < -0.3 is 9.88 Å². The van der Waals surface area contributed by atoms with Gasteiger partial charge in [-0.3, -0.25) is 4.79 Å². The van der Waals surface area contributed by atoms with E-state index in [4.69, 9.17) is 0 Å². The van der Waals surface area contributed by atoms with Crippen LogP contribution in [0.5, 0.6) is 0 Å². The number of amides is 1. The predicted octanol–water partition coefficient (Wildman–Crippen LogP) is 3.77. The maximum Gasteiger partial charge on any atom is 0.275 e. The van der Waals surface area contributed by atoms with Crippen LogP contribution in [-0.2, 0) is 10.0 Å². The number of nitrogens with one attached hydrogen (secondary N) is 1. The molecule has 30 heavy (non-hydrogen) atoms. The minimum absolute atomic E-state index is 0.239. The number of nitrogens with zero attached hydrogens (tertiary/aromatic N) is 3. The minimum Gasteiger partial charge on any atom is -0.321 e. The van der Waals surface area contributed by atoms with Gasteiger partial charge in [-0.2, -0.15) is 4.31 Å². The van der Waals surface area contributed by atoms with Gasteiger partial charge in [-0.15, -0.1) is 0 Å². The Labute approximate surface area is 177 Å². The average molecular weight is 427 g/mol. The molecule has 0 aliphatic carbocycles. The number of rotatable bonds is 7. The van der Waals surface area contributed by atoms with E-state index in [9.17, 15) is 13.2 Å². The van der Waals surface area contributed by atoms with Crippen molar-refractivity contribution in [3.05, 3.63) is 71.8 Å². The topological polar surface area (TPSA) is 84.3 Å². The predicted molar refractivity (Wildman–Crippen MR) is 118 cm³/mol. The van der Waals surface area contributed by atoms with Crippen molar-refractivity contribution in [2.75, 3.05) is 18.4 Å². The van der Waals surface area contributed by atoms with Crippen molar-refractivity contribution in [1.82, 2.24) is 13.9 Å². The van der Waals surface area contributed by atoms with Crippen LogP contribution in [0.2, 0.25) is 0 Å². The highest BCUT2D eigenvalue weighted by Gasteiger charge is 2.21. The fourth-order valence-electron chi connectivity index (χ4n) is 3.10. The summed E-state index contributed by atoms with van der Waals surface area (Å²) in [4.78, 5) is 16.9. The third-order valence-corrected chi connectivity index (χ3v) is 7.12. The molecule has 0 radical (unpaired) electrons. The first-order chi connectivity index (χ1) is 14.3. The molecule has 1 amide bonds. The molecule has 1 aromatic heterocycles. The summed E-state index contributed by atoms with van der Waals surface area (Å²) in [6.07, 6.45) is 3.15. The molecule has 0 bridgehead atoms. The molecule has 3 aromatic rings. The third kappa shape index (κ3) is 4.44. The largest absolute Gasteiger partial charge is 0.321 e. The van der Waals surface area contributed by atoms with Gasteiger partial charge >= 0.3 is 0 Å². The molecule has 0 saturated carbocycles. The van der Waals surface area contributed by atoms with Crippen molar-refractivity contribution in [2.45, 2.75) is 32.6 Å². The van der Waals surface area contributed by atoms with Crippen LogP contribution < -0.4 is 5.32 Å². The minimum atomic E-state index is -3.51. The monoisotopic (exact) mass is 426 g/mol. The number of hydrogen-bond donors (Lipinski definition) is 1. The fraction of sp³-hybridized carbons (Fsp3) is 0.273. The molecule has 0 spiro atoms. The number of carbonyl (C=O) groups excluding carboxylic acids is 1. The Kier molecular flexibility index (Phi) is 6.38. The lowest BCUT2D eigenvalue weighted by molar-refractivity contribution is 0.102. The molecule has 0 aliphatic heterocycles. The van der Waals surface area contributed by atoms with Crippen molar-refractivity contribution in [3.63, 3.8) is 0 Å². The second kappa shape index (κ2) is 8.81. The lowest BCUT2D eigenvalue weighted by Gasteiger charge is -2.18.